The molecule has 2 N–H and O–H groups in total. The first-order valence-corrected chi connectivity index (χ1v) is 9.03. The lowest BCUT2D eigenvalue weighted by atomic mass is 10.3. The number of imidazole rings is 1. The second-order valence-electron chi connectivity index (χ2n) is 4.54. The second kappa shape index (κ2) is 6.47. The molecule has 0 atom stereocenters. The summed E-state index contributed by atoms with van der Waals surface area (Å²) in [4.78, 5) is 4.48. The normalized spacial score (nSPS) is 11.7. The Morgan fingerprint density at radius 1 is 1.48 bits per heavy atom. The number of aromatic nitrogens is 2. The Kier molecular flexibility index (Phi) is 4.88. The average molecular weight is 324 g/mol. The van der Waals surface area contributed by atoms with Crippen LogP contribution >= 0.6 is 11.8 Å². The molecule has 21 heavy (non-hydrogen) atoms. The molecule has 0 aliphatic carbocycles. The van der Waals surface area contributed by atoms with Crippen molar-refractivity contribution in [3.63, 3.8) is 0 Å². The fourth-order valence-electron chi connectivity index (χ4n) is 2.00. The van der Waals surface area contributed by atoms with Crippen molar-refractivity contribution in [1.29, 1.82) is 5.26 Å². The number of benzene rings is 1. The van der Waals surface area contributed by atoms with E-state index in [1.54, 1.807) is 6.07 Å². The Morgan fingerprint density at radius 3 is 2.86 bits per heavy atom. The van der Waals surface area contributed by atoms with Gasteiger partial charge in [0.15, 0.2) is 5.16 Å². The zero-order chi connectivity index (χ0) is 15.5. The fraction of sp³-hybridized carbons (Fsp3) is 0.385. The van der Waals surface area contributed by atoms with E-state index >= 15 is 0 Å². The zero-order valence-electron chi connectivity index (χ0n) is 11.6. The van der Waals surface area contributed by atoms with Gasteiger partial charge < -0.3 is 4.57 Å². The van der Waals surface area contributed by atoms with Crippen LogP contribution in [0.25, 0.3) is 11.0 Å². The summed E-state index contributed by atoms with van der Waals surface area (Å²) in [7, 11) is -3.74. The number of unbranched alkanes of at least 4 members (excludes halogenated alkanes) is 1. The van der Waals surface area contributed by atoms with Gasteiger partial charge in [-0.25, -0.2) is 18.5 Å². The maximum Gasteiger partial charge on any atom is 0.238 e. The quantitative estimate of drug-likeness (QED) is 0.820. The fourth-order valence-corrected chi connectivity index (χ4v) is 3.24. The first kappa shape index (κ1) is 15.8. The van der Waals surface area contributed by atoms with Gasteiger partial charge >= 0.3 is 0 Å². The minimum atomic E-state index is -3.74. The van der Waals surface area contributed by atoms with Gasteiger partial charge in [-0.1, -0.05) is 25.1 Å². The highest BCUT2D eigenvalue weighted by Gasteiger charge is 2.14. The molecule has 2 rings (SSSR count). The van der Waals surface area contributed by atoms with Crippen LogP contribution < -0.4 is 5.14 Å². The van der Waals surface area contributed by atoms with Crippen molar-refractivity contribution in [2.24, 2.45) is 5.14 Å². The number of nitrogens with two attached hydrogens (primary N) is 1. The smallest absolute Gasteiger partial charge is 0.238 e. The number of rotatable bonds is 6. The number of nitrogens with zero attached hydrogens (tertiary/aromatic N) is 3. The van der Waals surface area contributed by atoms with E-state index < -0.39 is 10.0 Å². The molecule has 2 aromatic rings. The van der Waals surface area contributed by atoms with Crippen LogP contribution in [0, 0.1) is 11.3 Å². The SMILES string of the molecule is CCCCn1c(SCC#N)nc2cc(S(N)(=O)=O)ccc21. The molecular formula is C13H16N4O2S2. The third-order valence-electron chi connectivity index (χ3n) is 3.01. The van der Waals surface area contributed by atoms with Gasteiger partial charge in [-0.15, -0.1) is 0 Å². The minimum absolute atomic E-state index is 0.0481. The van der Waals surface area contributed by atoms with Crippen LogP contribution in [0.2, 0.25) is 0 Å². The van der Waals surface area contributed by atoms with Crippen LogP contribution in [0.5, 0.6) is 0 Å². The van der Waals surface area contributed by atoms with E-state index in [0.717, 1.165) is 30.1 Å². The molecule has 0 fully saturated rings. The lowest BCUT2D eigenvalue weighted by molar-refractivity contribution is 0.598. The summed E-state index contributed by atoms with van der Waals surface area (Å²) in [5, 5.41) is 14.6. The van der Waals surface area contributed by atoms with Gasteiger partial charge in [0.05, 0.1) is 27.8 Å². The molecule has 112 valence electrons. The van der Waals surface area contributed by atoms with Crippen LogP contribution in [0.1, 0.15) is 19.8 Å². The summed E-state index contributed by atoms with van der Waals surface area (Å²) in [6.07, 6.45) is 2.03. The summed E-state index contributed by atoms with van der Waals surface area (Å²) in [5.41, 5.74) is 1.44. The van der Waals surface area contributed by atoms with E-state index in [1.807, 2.05) is 4.57 Å². The number of hydrogen-bond donors (Lipinski definition) is 1. The molecule has 0 aliphatic rings. The van der Waals surface area contributed by atoms with E-state index in [9.17, 15) is 8.42 Å². The summed E-state index contributed by atoms with van der Waals surface area (Å²) < 4.78 is 24.8. The maximum absolute atomic E-state index is 11.4. The molecule has 0 amide bonds. The Hall–Kier alpha value is -1.56. The summed E-state index contributed by atoms with van der Waals surface area (Å²) in [6.45, 7) is 2.88. The first-order chi connectivity index (χ1) is 9.97. The molecule has 0 unspecified atom stereocenters. The third kappa shape index (κ3) is 3.56. The molecule has 0 spiro atoms. The van der Waals surface area contributed by atoms with Gasteiger partial charge in [-0.05, 0) is 24.6 Å². The molecule has 1 heterocycles. The molecule has 0 saturated heterocycles. The molecule has 0 bridgehead atoms. The van der Waals surface area contributed by atoms with Gasteiger partial charge in [-0.2, -0.15) is 5.26 Å². The Morgan fingerprint density at radius 2 is 2.24 bits per heavy atom. The van der Waals surface area contributed by atoms with E-state index in [0.29, 0.717) is 11.3 Å². The van der Waals surface area contributed by atoms with E-state index in [-0.39, 0.29) is 4.90 Å². The highest BCUT2D eigenvalue weighted by Crippen LogP contribution is 2.26. The number of aryl methyl sites for hydroxylation is 1. The predicted molar refractivity (Wildman–Crippen MR) is 82.4 cm³/mol. The Balaban J connectivity index is 2.53. The number of sulfonamides is 1. The van der Waals surface area contributed by atoms with E-state index in [1.165, 1.54) is 23.9 Å². The molecule has 8 heteroatoms. The molecule has 0 radical (unpaired) electrons. The van der Waals surface area contributed by atoms with Gasteiger partial charge in [-0.3, -0.25) is 0 Å². The topological polar surface area (TPSA) is 102 Å². The van der Waals surface area contributed by atoms with Crippen LogP contribution in [-0.2, 0) is 16.6 Å². The molecule has 0 saturated carbocycles. The standard InChI is InChI=1S/C13H16N4O2S2/c1-2-3-7-17-12-5-4-10(21(15,18)19)9-11(12)16-13(17)20-8-6-14/h4-5,9H,2-3,7-8H2,1H3,(H2,15,18,19). The molecule has 1 aromatic heterocycles. The van der Waals surface area contributed by atoms with Crippen LogP contribution in [0.3, 0.4) is 0 Å². The van der Waals surface area contributed by atoms with Gasteiger partial charge in [0, 0.05) is 6.54 Å². The van der Waals surface area contributed by atoms with Gasteiger partial charge in [0.25, 0.3) is 0 Å². The van der Waals surface area contributed by atoms with Gasteiger partial charge in [0.2, 0.25) is 10.0 Å². The molecular weight excluding hydrogens is 308 g/mol. The van der Waals surface area contributed by atoms with E-state index in [2.05, 4.69) is 18.0 Å². The number of nitriles is 1. The largest absolute Gasteiger partial charge is 0.319 e. The lowest BCUT2D eigenvalue weighted by Crippen LogP contribution is -2.11. The van der Waals surface area contributed by atoms with Crippen molar-refractivity contribution < 1.29 is 8.42 Å². The second-order valence-corrected chi connectivity index (χ2v) is 7.05. The summed E-state index contributed by atoms with van der Waals surface area (Å²) in [6, 6.07) is 6.75. The zero-order valence-corrected chi connectivity index (χ0v) is 13.2. The highest BCUT2D eigenvalue weighted by molar-refractivity contribution is 7.99. The maximum atomic E-state index is 11.4. The third-order valence-corrected chi connectivity index (χ3v) is 4.77. The van der Waals surface area contributed by atoms with Gasteiger partial charge in [0.1, 0.15) is 0 Å². The molecule has 1 aromatic carbocycles. The number of hydrogen-bond acceptors (Lipinski definition) is 5. The van der Waals surface area contributed by atoms with Crippen molar-refractivity contribution >= 4 is 32.8 Å². The lowest BCUT2D eigenvalue weighted by Gasteiger charge is -2.07. The molecule has 0 aliphatic heterocycles. The monoisotopic (exact) mass is 324 g/mol. The predicted octanol–water partition coefficient (Wildman–Crippen LogP) is 2.10. The number of primary sulfonamides is 1. The Bertz CT molecular complexity index is 790. The number of fused-ring (bicyclic) bond motifs is 1. The van der Waals surface area contributed by atoms with Crippen molar-refractivity contribution in [2.75, 3.05) is 5.75 Å². The van der Waals surface area contributed by atoms with Crippen LogP contribution in [0.15, 0.2) is 28.3 Å². The van der Waals surface area contributed by atoms with Crippen molar-refractivity contribution in [1.82, 2.24) is 9.55 Å². The highest BCUT2D eigenvalue weighted by atomic mass is 32.2. The summed E-state index contributed by atoms with van der Waals surface area (Å²) in [5.74, 6) is 0.303. The summed E-state index contributed by atoms with van der Waals surface area (Å²) >= 11 is 1.35. The molecule has 6 nitrogen and oxygen atoms in total. The average Bonchev–Trinajstić information content (AvgIpc) is 2.78. The van der Waals surface area contributed by atoms with Crippen LogP contribution in [-0.4, -0.2) is 23.7 Å². The van der Waals surface area contributed by atoms with Crippen molar-refractivity contribution in [3.8, 4) is 6.07 Å². The first-order valence-electron chi connectivity index (χ1n) is 6.50. The van der Waals surface area contributed by atoms with Crippen molar-refractivity contribution in [2.45, 2.75) is 36.4 Å². The van der Waals surface area contributed by atoms with Crippen molar-refractivity contribution in [3.05, 3.63) is 18.2 Å². The van der Waals surface area contributed by atoms with E-state index in [4.69, 9.17) is 10.4 Å². The number of thioether (sulfide) groups is 1. The van der Waals surface area contributed by atoms with Crippen LogP contribution in [0.4, 0.5) is 0 Å². The Labute approximate surface area is 128 Å². The minimum Gasteiger partial charge on any atom is -0.319 e.